The number of hydrogen-bond donors (Lipinski definition) is 2. The summed E-state index contributed by atoms with van der Waals surface area (Å²) in [6.45, 7) is 5.40. The lowest BCUT2D eigenvalue weighted by Crippen LogP contribution is -2.44. The maximum absolute atomic E-state index is 5.75. The van der Waals surface area contributed by atoms with Crippen LogP contribution in [0.25, 0.3) is 0 Å². The van der Waals surface area contributed by atoms with Crippen LogP contribution < -0.4 is 11.1 Å². The van der Waals surface area contributed by atoms with E-state index in [1.807, 2.05) is 6.07 Å². The van der Waals surface area contributed by atoms with Crippen molar-refractivity contribution in [2.45, 2.75) is 32.4 Å². The standard InChI is InChI=1S/C11H16N2/c1-11(2)6-9-5-10(12)4-3-8(9)7-13-11/h3-5,13H,6-7,12H2,1-2H3. The molecule has 0 amide bonds. The predicted molar refractivity (Wildman–Crippen MR) is 55.5 cm³/mol. The van der Waals surface area contributed by atoms with Gasteiger partial charge in [0.1, 0.15) is 0 Å². The van der Waals surface area contributed by atoms with Gasteiger partial charge in [0.2, 0.25) is 0 Å². The van der Waals surface area contributed by atoms with E-state index in [1.54, 1.807) is 0 Å². The first-order valence-corrected chi connectivity index (χ1v) is 4.69. The van der Waals surface area contributed by atoms with Crippen molar-refractivity contribution in [3.8, 4) is 0 Å². The van der Waals surface area contributed by atoms with Crippen LogP contribution >= 0.6 is 0 Å². The Morgan fingerprint density at radius 1 is 1.31 bits per heavy atom. The van der Waals surface area contributed by atoms with Crippen LogP contribution in [-0.4, -0.2) is 5.54 Å². The summed E-state index contributed by atoms with van der Waals surface area (Å²) >= 11 is 0. The smallest absolute Gasteiger partial charge is 0.0316 e. The number of benzene rings is 1. The molecule has 0 spiro atoms. The van der Waals surface area contributed by atoms with Crippen LogP contribution in [0.5, 0.6) is 0 Å². The molecule has 2 nitrogen and oxygen atoms in total. The summed E-state index contributed by atoms with van der Waals surface area (Å²) in [6.07, 6.45) is 1.06. The van der Waals surface area contributed by atoms with E-state index in [0.717, 1.165) is 18.7 Å². The van der Waals surface area contributed by atoms with Crippen molar-refractivity contribution in [3.05, 3.63) is 29.3 Å². The molecule has 1 aliphatic heterocycles. The maximum Gasteiger partial charge on any atom is 0.0316 e. The molecule has 70 valence electrons. The van der Waals surface area contributed by atoms with Gasteiger partial charge in [0.25, 0.3) is 0 Å². The number of fused-ring (bicyclic) bond motifs is 1. The lowest BCUT2D eigenvalue weighted by Gasteiger charge is -2.32. The highest BCUT2D eigenvalue weighted by atomic mass is 15.0. The van der Waals surface area contributed by atoms with Gasteiger partial charge in [0.15, 0.2) is 0 Å². The summed E-state index contributed by atoms with van der Waals surface area (Å²) in [7, 11) is 0. The highest BCUT2D eigenvalue weighted by molar-refractivity contribution is 5.46. The Morgan fingerprint density at radius 3 is 2.85 bits per heavy atom. The molecule has 0 bridgehead atoms. The molecule has 0 radical (unpaired) electrons. The van der Waals surface area contributed by atoms with Gasteiger partial charge >= 0.3 is 0 Å². The van der Waals surface area contributed by atoms with Crippen LogP contribution in [0.15, 0.2) is 18.2 Å². The molecule has 0 unspecified atom stereocenters. The SMILES string of the molecule is CC1(C)Cc2cc(N)ccc2CN1. The molecular weight excluding hydrogens is 160 g/mol. The van der Waals surface area contributed by atoms with Crippen LogP contribution in [0.2, 0.25) is 0 Å². The lowest BCUT2D eigenvalue weighted by molar-refractivity contribution is 0.363. The largest absolute Gasteiger partial charge is 0.399 e. The quantitative estimate of drug-likeness (QED) is 0.590. The number of nitrogen functional groups attached to an aromatic ring is 1. The number of nitrogens with one attached hydrogen (secondary N) is 1. The summed E-state index contributed by atoms with van der Waals surface area (Å²) in [5.41, 5.74) is 9.61. The number of hydrogen-bond acceptors (Lipinski definition) is 2. The van der Waals surface area contributed by atoms with Gasteiger partial charge in [-0.25, -0.2) is 0 Å². The zero-order valence-corrected chi connectivity index (χ0v) is 8.22. The monoisotopic (exact) mass is 176 g/mol. The molecule has 0 saturated carbocycles. The van der Waals surface area contributed by atoms with Gasteiger partial charge in [0, 0.05) is 17.8 Å². The average molecular weight is 176 g/mol. The third kappa shape index (κ3) is 1.68. The maximum atomic E-state index is 5.75. The Morgan fingerprint density at radius 2 is 2.08 bits per heavy atom. The van der Waals surface area contributed by atoms with E-state index in [4.69, 9.17) is 5.73 Å². The van der Waals surface area contributed by atoms with E-state index in [9.17, 15) is 0 Å². The number of nitrogens with two attached hydrogens (primary N) is 1. The van der Waals surface area contributed by atoms with Crippen molar-refractivity contribution in [2.75, 3.05) is 5.73 Å². The van der Waals surface area contributed by atoms with Crippen LogP contribution in [0.4, 0.5) is 5.69 Å². The van der Waals surface area contributed by atoms with Crippen molar-refractivity contribution in [1.82, 2.24) is 5.32 Å². The van der Waals surface area contributed by atoms with Gasteiger partial charge in [-0.05, 0) is 43.5 Å². The third-order valence-corrected chi connectivity index (χ3v) is 2.62. The van der Waals surface area contributed by atoms with Gasteiger partial charge in [-0.15, -0.1) is 0 Å². The van der Waals surface area contributed by atoms with Crippen LogP contribution in [0.3, 0.4) is 0 Å². The van der Waals surface area contributed by atoms with E-state index in [1.165, 1.54) is 11.1 Å². The lowest BCUT2D eigenvalue weighted by atomic mass is 9.87. The first-order valence-electron chi connectivity index (χ1n) is 4.69. The minimum atomic E-state index is 0.209. The van der Waals surface area contributed by atoms with Gasteiger partial charge in [-0.3, -0.25) is 0 Å². The predicted octanol–water partition coefficient (Wildman–Crippen LogP) is 1.69. The van der Waals surface area contributed by atoms with Gasteiger partial charge in [-0.1, -0.05) is 6.07 Å². The normalized spacial score (nSPS) is 19.5. The Balaban J connectivity index is 2.38. The highest BCUT2D eigenvalue weighted by Gasteiger charge is 2.23. The fourth-order valence-electron chi connectivity index (χ4n) is 1.86. The second kappa shape index (κ2) is 2.74. The molecule has 0 atom stereocenters. The minimum Gasteiger partial charge on any atom is -0.399 e. The summed E-state index contributed by atoms with van der Waals surface area (Å²) in [5.74, 6) is 0. The molecule has 1 aliphatic rings. The highest BCUT2D eigenvalue weighted by Crippen LogP contribution is 2.24. The third-order valence-electron chi connectivity index (χ3n) is 2.62. The average Bonchev–Trinajstić information content (AvgIpc) is 2.01. The molecule has 0 fully saturated rings. The molecule has 13 heavy (non-hydrogen) atoms. The molecule has 1 aromatic rings. The van der Waals surface area contributed by atoms with Crippen LogP contribution in [-0.2, 0) is 13.0 Å². The molecule has 2 heteroatoms. The van der Waals surface area contributed by atoms with E-state index in [2.05, 4.69) is 31.3 Å². The van der Waals surface area contributed by atoms with Crippen LogP contribution in [0, 0.1) is 0 Å². The Kier molecular flexibility index (Phi) is 1.81. The van der Waals surface area contributed by atoms with E-state index < -0.39 is 0 Å². The zero-order chi connectivity index (χ0) is 9.47. The molecule has 0 aromatic heterocycles. The Hall–Kier alpha value is -1.02. The Labute approximate surface area is 79.1 Å². The van der Waals surface area contributed by atoms with Crippen molar-refractivity contribution in [2.24, 2.45) is 0 Å². The molecular formula is C11H16N2. The van der Waals surface area contributed by atoms with Crippen molar-refractivity contribution in [1.29, 1.82) is 0 Å². The first kappa shape index (κ1) is 8.57. The second-order valence-electron chi connectivity index (χ2n) is 4.44. The molecule has 3 N–H and O–H groups in total. The molecule has 0 aliphatic carbocycles. The van der Waals surface area contributed by atoms with Gasteiger partial charge in [-0.2, -0.15) is 0 Å². The number of rotatable bonds is 0. The summed E-state index contributed by atoms with van der Waals surface area (Å²) in [6, 6.07) is 6.18. The summed E-state index contributed by atoms with van der Waals surface area (Å²) in [5, 5.41) is 3.49. The zero-order valence-electron chi connectivity index (χ0n) is 8.22. The van der Waals surface area contributed by atoms with Crippen LogP contribution in [0.1, 0.15) is 25.0 Å². The molecule has 1 aromatic carbocycles. The fourth-order valence-corrected chi connectivity index (χ4v) is 1.86. The van der Waals surface area contributed by atoms with E-state index >= 15 is 0 Å². The first-order chi connectivity index (χ1) is 6.07. The molecule has 1 heterocycles. The molecule has 2 rings (SSSR count). The Bertz CT molecular complexity index is 329. The summed E-state index contributed by atoms with van der Waals surface area (Å²) < 4.78 is 0. The van der Waals surface area contributed by atoms with Crippen molar-refractivity contribution < 1.29 is 0 Å². The second-order valence-corrected chi connectivity index (χ2v) is 4.44. The molecule has 0 saturated heterocycles. The number of anilines is 1. The van der Waals surface area contributed by atoms with Crippen molar-refractivity contribution in [3.63, 3.8) is 0 Å². The topological polar surface area (TPSA) is 38.0 Å². The van der Waals surface area contributed by atoms with E-state index in [0.29, 0.717) is 0 Å². The summed E-state index contributed by atoms with van der Waals surface area (Å²) in [4.78, 5) is 0. The van der Waals surface area contributed by atoms with Gasteiger partial charge in [0.05, 0.1) is 0 Å². The van der Waals surface area contributed by atoms with Gasteiger partial charge < -0.3 is 11.1 Å². The van der Waals surface area contributed by atoms with E-state index in [-0.39, 0.29) is 5.54 Å². The van der Waals surface area contributed by atoms with Crippen molar-refractivity contribution >= 4 is 5.69 Å². The fraction of sp³-hybridized carbons (Fsp3) is 0.455. The minimum absolute atomic E-state index is 0.209.